The standard InChI is InChI=1S/C15H15F3N4O3S/c16-15(17,18)14-21-11-4-2-1-3-10(11)13(22-14)19-7-12(23)20-9-5-6-26(24,25)8-9/h1-4,9H,5-8H2,(H,20,23)(H,19,21,22)/t9-/m1/s1. The molecule has 0 radical (unpaired) electrons. The first kappa shape index (κ1) is 18.4. The second kappa shape index (κ2) is 6.71. The van der Waals surface area contributed by atoms with Gasteiger partial charge in [-0.3, -0.25) is 4.79 Å². The van der Waals surface area contributed by atoms with Crippen molar-refractivity contribution in [3.8, 4) is 0 Å². The Bertz CT molecular complexity index is 947. The molecule has 2 aromatic rings. The number of amides is 1. The van der Waals surface area contributed by atoms with E-state index in [1.807, 2.05) is 0 Å². The van der Waals surface area contributed by atoms with Gasteiger partial charge in [0.05, 0.1) is 23.6 Å². The van der Waals surface area contributed by atoms with Crippen LogP contribution in [0.2, 0.25) is 0 Å². The first-order valence-corrected chi connectivity index (χ1v) is 9.54. The fourth-order valence-corrected chi connectivity index (χ4v) is 4.36. The highest BCUT2D eigenvalue weighted by atomic mass is 32.2. The predicted molar refractivity (Wildman–Crippen MR) is 88.2 cm³/mol. The van der Waals surface area contributed by atoms with E-state index in [-0.39, 0.29) is 29.4 Å². The summed E-state index contributed by atoms with van der Waals surface area (Å²) < 4.78 is 61.6. The summed E-state index contributed by atoms with van der Waals surface area (Å²) in [4.78, 5) is 18.9. The maximum atomic E-state index is 12.9. The molecule has 0 unspecified atom stereocenters. The SMILES string of the molecule is O=C(CNc1nc(C(F)(F)F)nc2ccccc12)N[C@@H]1CCS(=O)(=O)C1. The number of carbonyl (C=O) groups excluding carboxylic acids is 1. The number of para-hydroxylation sites is 1. The van der Waals surface area contributed by atoms with E-state index in [0.717, 1.165) is 0 Å². The van der Waals surface area contributed by atoms with Crippen molar-refractivity contribution < 1.29 is 26.4 Å². The zero-order valence-corrected chi connectivity index (χ0v) is 14.2. The highest BCUT2D eigenvalue weighted by molar-refractivity contribution is 7.91. The molecule has 1 aliphatic heterocycles. The van der Waals surface area contributed by atoms with Gasteiger partial charge in [-0.05, 0) is 18.6 Å². The van der Waals surface area contributed by atoms with Crippen LogP contribution in [-0.2, 0) is 20.8 Å². The summed E-state index contributed by atoms with van der Waals surface area (Å²) in [5.41, 5.74) is 0.0969. The van der Waals surface area contributed by atoms with Crippen LogP contribution in [0.3, 0.4) is 0 Å². The molecule has 1 aliphatic rings. The van der Waals surface area contributed by atoms with Gasteiger partial charge in [0.15, 0.2) is 9.84 Å². The molecule has 2 N–H and O–H groups in total. The lowest BCUT2D eigenvalue weighted by Crippen LogP contribution is -2.39. The molecular weight excluding hydrogens is 373 g/mol. The Morgan fingerprint density at radius 2 is 1.96 bits per heavy atom. The summed E-state index contributed by atoms with van der Waals surface area (Å²) in [5.74, 6) is -2.06. The Morgan fingerprint density at radius 3 is 2.62 bits per heavy atom. The average Bonchev–Trinajstić information content (AvgIpc) is 2.90. The molecule has 140 valence electrons. The summed E-state index contributed by atoms with van der Waals surface area (Å²) in [5, 5.41) is 5.48. The van der Waals surface area contributed by atoms with Crippen LogP contribution in [0.5, 0.6) is 0 Å². The average molecular weight is 388 g/mol. The van der Waals surface area contributed by atoms with Crippen molar-refractivity contribution in [3.05, 3.63) is 30.1 Å². The predicted octanol–water partition coefficient (Wildman–Crippen LogP) is 1.36. The number of benzene rings is 1. The number of nitrogens with one attached hydrogen (secondary N) is 2. The Kier molecular flexibility index (Phi) is 4.74. The van der Waals surface area contributed by atoms with Crippen molar-refractivity contribution in [2.24, 2.45) is 0 Å². The van der Waals surface area contributed by atoms with Crippen LogP contribution in [0.15, 0.2) is 24.3 Å². The molecule has 0 aliphatic carbocycles. The second-order valence-corrected chi connectivity index (χ2v) is 8.16. The van der Waals surface area contributed by atoms with Crippen molar-refractivity contribution >= 4 is 32.5 Å². The number of carbonyl (C=O) groups is 1. The van der Waals surface area contributed by atoms with Crippen LogP contribution < -0.4 is 10.6 Å². The van der Waals surface area contributed by atoms with Crippen molar-refractivity contribution in [2.75, 3.05) is 23.4 Å². The van der Waals surface area contributed by atoms with Crippen LogP contribution in [0, 0.1) is 0 Å². The lowest BCUT2D eigenvalue weighted by Gasteiger charge is -2.14. The lowest BCUT2D eigenvalue weighted by molar-refractivity contribution is -0.144. The van der Waals surface area contributed by atoms with Gasteiger partial charge in [-0.15, -0.1) is 0 Å². The van der Waals surface area contributed by atoms with E-state index < -0.39 is 33.8 Å². The molecule has 1 amide bonds. The van der Waals surface area contributed by atoms with Gasteiger partial charge in [0, 0.05) is 11.4 Å². The molecular formula is C15H15F3N4O3S. The first-order valence-electron chi connectivity index (χ1n) is 7.72. The smallest absolute Gasteiger partial charge is 0.360 e. The molecule has 1 aromatic carbocycles. The summed E-state index contributed by atoms with van der Waals surface area (Å²) in [6.45, 7) is -0.338. The summed E-state index contributed by atoms with van der Waals surface area (Å²) in [6.07, 6.45) is -4.40. The Balaban J connectivity index is 1.75. The van der Waals surface area contributed by atoms with Gasteiger partial charge >= 0.3 is 6.18 Å². The van der Waals surface area contributed by atoms with Gasteiger partial charge in [0.25, 0.3) is 0 Å². The van der Waals surface area contributed by atoms with Gasteiger partial charge in [-0.25, -0.2) is 18.4 Å². The lowest BCUT2D eigenvalue weighted by atomic mass is 10.2. The molecule has 0 saturated carbocycles. The number of aromatic nitrogens is 2. The van der Waals surface area contributed by atoms with Gasteiger partial charge in [0.1, 0.15) is 5.82 Å². The van der Waals surface area contributed by atoms with E-state index in [4.69, 9.17) is 0 Å². The molecule has 7 nitrogen and oxygen atoms in total. The first-order chi connectivity index (χ1) is 12.1. The maximum absolute atomic E-state index is 12.9. The number of alkyl halides is 3. The molecule has 0 bridgehead atoms. The molecule has 11 heteroatoms. The fraction of sp³-hybridized carbons (Fsp3) is 0.400. The quantitative estimate of drug-likeness (QED) is 0.820. The number of halogens is 3. The summed E-state index contributed by atoms with van der Waals surface area (Å²) >= 11 is 0. The Labute approximate surface area is 146 Å². The zero-order valence-electron chi connectivity index (χ0n) is 13.4. The molecule has 3 rings (SSSR count). The van der Waals surface area contributed by atoms with Crippen LogP contribution >= 0.6 is 0 Å². The van der Waals surface area contributed by atoms with E-state index in [0.29, 0.717) is 11.8 Å². The minimum atomic E-state index is -4.72. The van der Waals surface area contributed by atoms with E-state index >= 15 is 0 Å². The Morgan fingerprint density at radius 1 is 1.23 bits per heavy atom. The number of hydrogen-bond acceptors (Lipinski definition) is 6. The molecule has 0 spiro atoms. The molecule has 1 saturated heterocycles. The number of anilines is 1. The number of rotatable bonds is 4. The molecule has 1 atom stereocenters. The third kappa shape index (κ3) is 4.21. The number of nitrogens with zero attached hydrogens (tertiary/aromatic N) is 2. The molecule has 26 heavy (non-hydrogen) atoms. The highest BCUT2D eigenvalue weighted by Crippen LogP contribution is 2.30. The van der Waals surface area contributed by atoms with Crippen LogP contribution in [-0.4, -0.2) is 48.4 Å². The fourth-order valence-electron chi connectivity index (χ4n) is 2.69. The third-order valence-electron chi connectivity index (χ3n) is 3.87. The van der Waals surface area contributed by atoms with E-state index in [1.54, 1.807) is 18.2 Å². The van der Waals surface area contributed by atoms with Gasteiger partial charge in [-0.2, -0.15) is 13.2 Å². The maximum Gasteiger partial charge on any atom is 0.451 e. The van der Waals surface area contributed by atoms with Gasteiger partial charge in [-0.1, -0.05) is 12.1 Å². The largest absolute Gasteiger partial charge is 0.451 e. The second-order valence-electron chi connectivity index (χ2n) is 5.93. The number of sulfone groups is 1. The topological polar surface area (TPSA) is 101 Å². The number of hydrogen-bond donors (Lipinski definition) is 2. The summed E-state index contributed by atoms with van der Waals surface area (Å²) in [6, 6.07) is 5.64. The summed E-state index contributed by atoms with van der Waals surface area (Å²) in [7, 11) is -3.14. The normalized spacial score (nSPS) is 19.4. The van der Waals surface area contributed by atoms with Crippen molar-refractivity contribution in [2.45, 2.75) is 18.6 Å². The van der Waals surface area contributed by atoms with Crippen molar-refractivity contribution in [1.82, 2.24) is 15.3 Å². The van der Waals surface area contributed by atoms with Crippen LogP contribution in [0.1, 0.15) is 12.2 Å². The van der Waals surface area contributed by atoms with Crippen molar-refractivity contribution in [1.29, 1.82) is 0 Å². The Hall–Kier alpha value is -2.43. The van der Waals surface area contributed by atoms with Gasteiger partial charge in [0.2, 0.25) is 11.7 Å². The number of fused-ring (bicyclic) bond motifs is 1. The van der Waals surface area contributed by atoms with E-state index in [2.05, 4.69) is 20.6 Å². The molecule has 2 heterocycles. The van der Waals surface area contributed by atoms with Crippen LogP contribution in [0.25, 0.3) is 10.9 Å². The third-order valence-corrected chi connectivity index (χ3v) is 5.64. The van der Waals surface area contributed by atoms with E-state index in [1.165, 1.54) is 6.07 Å². The zero-order chi connectivity index (χ0) is 18.9. The van der Waals surface area contributed by atoms with Gasteiger partial charge < -0.3 is 10.6 Å². The minimum Gasteiger partial charge on any atom is -0.360 e. The van der Waals surface area contributed by atoms with Crippen molar-refractivity contribution in [3.63, 3.8) is 0 Å². The minimum absolute atomic E-state index is 0.0108. The van der Waals surface area contributed by atoms with E-state index in [9.17, 15) is 26.4 Å². The highest BCUT2D eigenvalue weighted by Gasteiger charge is 2.35. The molecule has 1 fully saturated rings. The monoisotopic (exact) mass is 388 g/mol. The molecule has 1 aromatic heterocycles. The van der Waals surface area contributed by atoms with Crippen LogP contribution in [0.4, 0.5) is 19.0 Å².